The zero-order valence-corrected chi connectivity index (χ0v) is 14.9. The highest BCUT2D eigenvalue weighted by atomic mass is 32.1. The summed E-state index contributed by atoms with van der Waals surface area (Å²) in [7, 11) is 1.83. The summed E-state index contributed by atoms with van der Waals surface area (Å²) in [6.07, 6.45) is 2.73. The SMILES string of the molecule is C[C@@H](CN(C)C(=O)NC[C@H]1CCOc2ccccc21)c1nccs1. The molecular weight excluding hydrogens is 322 g/mol. The van der Waals surface area contributed by atoms with Crippen molar-refractivity contribution in [3.05, 3.63) is 46.4 Å². The number of amides is 2. The fourth-order valence-corrected chi connectivity index (χ4v) is 3.71. The van der Waals surface area contributed by atoms with Crippen LogP contribution in [0.4, 0.5) is 4.79 Å². The summed E-state index contributed by atoms with van der Waals surface area (Å²) in [6.45, 7) is 4.09. The van der Waals surface area contributed by atoms with Gasteiger partial charge in [0.05, 0.1) is 11.6 Å². The fraction of sp³-hybridized carbons (Fsp3) is 0.444. The van der Waals surface area contributed by atoms with Crippen LogP contribution in [0.2, 0.25) is 0 Å². The lowest BCUT2D eigenvalue weighted by Crippen LogP contribution is -2.41. The average Bonchev–Trinajstić information content (AvgIpc) is 3.14. The predicted molar refractivity (Wildman–Crippen MR) is 95.9 cm³/mol. The lowest BCUT2D eigenvalue weighted by molar-refractivity contribution is 0.203. The second-order valence-corrected chi connectivity index (χ2v) is 7.14. The average molecular weight is 345 g/mol. The molecule has 2 amide bonds. The molecule has 1 N–H and O–H groups in total. The van der Waals surface area contributed by atoms with E-state index in [0.29, 0.717) is 25.6 Å². The topological polar surface area (TPSA) is 54.5 Å². The number of ether oxygens (including phenoxy) is 1. The normalized spacial score (nSPS) is 17.5. The molecule has 1 aromatic carbocycles. The fourth-order valence-electron chi connectivity index (χ4n) is 3.02. The number of rotatable bonds is 5. The second kappa shape index (κ2) is 7.66. The Morgan fingerprint density at radius 2 is 2.33 bits per heavy atom. The van der Waals surface area contributed by atoms with Gasteiger partial charge in [0.2, 0.25) is 0 Å². The van der Waals surface area contributed by atoms with Crippen LogP contribution in [0.3, 0.4) is 0 Å². The van der Waals surface area contributed by atoms with Crippen molar-refractivity contribution in [2.24, 2.45) is 0 Å². The van der Waals surface area contributed by atoms with E-state index >= 15 is 0 Å². The van der Waals surface area contributed by atoms with E-state index in [9.17, 15) is 4.79 Å². The molecule has 2 heterocycles. The van der Waals surface area contributed by atoms with Crippen molar-refractivity contribution in [1.29, 1.82) is 0 Å². The van der Waals surface area contributed by atoms with E-state index in [4.69, 9.17) is 4.74 Å². The summed E-state index contributed by atoms with van der Waals surface area (Å²) in [5.41, 5.74) is 1.18. The van der Waals surface area contributed by atoms with Crippen LogP contribution in [-0.4, -0.2) is 42.7 Å². The van der Waals surface area contributed by atoms with Crippen LogP contribution in [0.5, 0.6) is 5.75 Å². The number of aromatic nitrogens is 1. The number of urea groups is 1. The zero-order valence-electron chi connectivity index (χ0n) is 14.1. The minimum absolute atomic E-state index is 0.0395. The van der Waals surface area contributed by atoms with E-state index < -0.39 is 0 Å². The molecule has 2 atom stereocenters. The van der Waals surface area contributed by atoms with Gasteiger partial charge in [-0.15, -0.1) is 11.3 Å². The molecule has 0 saturated carbocycles. The van der Waals surface area contributed by atoms with Crippen LogP contribution >= 0.6 is 11.3 Å². The molecule has 0 unspecified atom stereocenters. The molecule has 3 rings (SSSR count). The van der Waals surface area contributed by atoms with Crippen molar-refractivity contribution < 1.29 is 9.53 Å². The van der Waals surface area contributed by atoms with Crippen LogP contribution in [0.15, 0.2) is 35.8 Å². The van der Waals surface area contributed by atoms with Gasteiger partial charge in [-0.2, -0.15) is 0 Å². The maximum Gasteiger partial charge on any atom is 0.317 e. The van der Waals surface area contributed by atoms with Crippen molar-refractivity contribution in [2.45, 2.75) is 25.2 Å². The number of hydrogen-bond acceptors (Lipinski definition) is 4. The Morgan fingerprint density at radius 3 is 3.12 bits per heavy atom. The monoisotopic (exact) mass is 345 g/mol. The van der Waals surface area contributed by atoms with Crippen molar-refractivity contribution in [1.82, 2.24) is 15.2 Å². The lowest BCUT2D eigenvalue weighted by Gasteiger charge is -2.27. The quantitative estimate of drug-likeness (QED) is 0.903. The maximum atomic E-state index is 12.4. The number of carbonyl (C=O) groups excluding carboxylic acids is 1. The maximum absolute atomic E-state index is 12.4. The first-order valence-corrected chi connectivity index (χ1v) is 9.13. The second-order valence-electron chi connectivity index (χ2n) is 6.21. The first kappa shape index (κ1) is 16.8. The van der Waals surface area contributed by atoms with Crippen LogP contribution in [0.25, 0.3) is 0 Å². The van der Waals surface area contributed by atoms with E-state index in [1.807, 2.05) is 30.6 Å². The minimum atomic E-state index is -0.0395. The molecule has 0 radical (unpaired) electrons. The number of benzene rings is 1. The number of hydrogen-bond donors (Lipinski definition) is 1. The number of para-hydroxylation sites is 1. The van der Waals surface area contributed by atoms with E-state index in [-0.39, 0.29) is 11.9 Å². The highest BCUT2D eigenvalue weighted by Gasteiger charge is 2.22. The lowest BCUT2D eigenvalue weighted by atomic mass is 9.93. The molecule has 1 aliphatic rings. The third kappa shape index (κ3) is 3.87. The zero-order chi connectivity index (χ0) is 16.9. The van der Waals surface area contributed by atoms with Gasteiger partial charge in [-0.25, -0.2) is 9.78 Å². The Kier molecular flexibility index (Phi) is 5.35. The first-order valence-electron chi connectivity index (χ1n) is 8.25. The van der Waals surface area contributed by atoms with Crippen LogP contribution in [0, 0.1) is 0 Å². The minimum Gasteiger partial charge on any atom is -0.493 e. The van der Waals surface area contributed by atoms with Gasteiger partial charge >= 0.3 is 6.03 Å². The predicted octanol–water partition coefficient (Wildman–Crippen LogP) is 3.45. The molecule has 1 aromatic heterocycles. The Hall–Kier alpha value is -2.08. The number of fused-ring (bicyclic) bond motifs is 1. The van der Waals surface area contributed by atoms with Crippen molar-refractivity contribution in [3.8, 4) is 5.75 Å². The number of nitrogens with zero attached hydrogens (tertiary/aromatic N) is 2. The summed E-state index contributed by atoms with van der Waals surface area (Å²) in [5.74, 6) is 1.49. The van der Waals surface area contributed by atoms with Gasteiger partial charge in [-0.05, 0) is 18.1 Å². The largest absolute Gasteiger partial charge is 0.493 e. The summed E-state index contributed by atoms with van der Waals surface area (Å²) >= 11 is 1.63. The molecule has 24 heavy (non-hydrogen) atoms. The molecule has 128 valence electrons. The molecule has 0 bridgehead atoms. The van der Waals surface area contributed by atoms with Gasteiger partial charge in [0, 0.05) is 43.5 Å². The Bertz CT molecular complexity index is 675. The Labute approximate surface area is 146 Å². The van der Waals surface area contributed by atoms with Crippen LogP contribution in [-0.2, 0) is 0 Å². The molecule has 0 saturated heterocycles. The highest BCUT2D eigenvalue weighted by molar-refractivity contribution is 7.09. The number of carbonyl (C=O) groups is 1. The van der Waals surface area contributed by atoms with E-state index in [2.05, 4.69) is 23.3 Å². The molecule has 0 spiro atoms. The number of thiazole rings is 1. The summed E-state index contributed by atoms with van der Waals surface area (Å²) in [5, 5.41) is 6.09. The van der Waals surface area contributed by atoms with E-state index in [1.165, 1.54) is 5.56 Å². The van der Waals surface area contributed by atoms with Gasteiger partial charge < -0.3 is 15.0 Å². The van der Waals surface area contributed by atoms with Gasteiger partial charge in [0.15, 0.2) is 0 Å². The third-order valence-corrected chi connectivity index (χ3v) is 5.36. The van der Waals surface area contributed by atoms with Crippen LogP contribution in [0.1, 0.15) is 35.8 Å². The highest BCUT2D eigenvalue weighted by Crippen LogP contribution is 2.32. The van der Waals surface area contributed by atoms with Crippen molar-refractivity contribution >= 4 is 17.4 Å². The van der Waals surface area contributed by atoms with Crippen molar-refractivity contribution in [2.75, 3.05) is 26.7 Å². The van der Waals surface area contributed by atoms with E-state index in [0.717, 1.165) is 17.2 Å². The number of likely N-dealkylation sites (N-methyl/N-ethyl adjacent to an activating group) is 1. The standard InChI is InChI=1S/C18H23N3O2S/c1-13(17-19-8-10-24-17)12-21(2)18(22)20-11-14-7-9-23-16-6-4-3-5-15(14)16/h3-6,8,10,13-14H,7,9,11-12H2,1-2H3,(H,20,22)/t13-,14+/m0/s1. The van der Waals surface area contributed by atoms with Gasteiger partial charge in [-0.1, -0.05) is 25.1 Å². The molecular formula is C18H23N3O2S. The molecule has 0 aliphatic carbocycles. The molecule has 5 nitrogen and oxygen atoms in total. The van der Waals surface area contributed by atoms with Gasteiger partial charge in [0.25, 0.3) is 0 Å². The molecule has 0 fully saturated rings. The van der Waals surface area contributed by atoms with Gasteiger partial charge in [-0.3, -0.25) is 0 Å². The van der Waals surface area contributed by atoms with Crippen LogP contribution < -0.4 is 10.1 Å². The number of nitrogens with one attached hydrogen (secondary N) is 1. The van der Waals surface area contributed by atoms with E-state index in [1.54, 1.807) is 22.4 Å². The summed E-state index contributed by atoms with van der Waals surface area (Å²) in [6, 6.07) is 8.03. The van der Waals surface area contributed by atoms with Gasteiger partial charge in [0.1, 0.15) is 5.75 Å². The van der Waals surface area contributed by atoms with Crippen molar-refractivity contribution in [3.63, 3.8) is 0 Å². The molecule has 6 heteroatoms. The molecule has 1 aliphatic heterocycles. The summed E-state index contributed by atoms with van der Waals surface area (Å²) < 4.78 is 5.67. The smallest absolute Gasteiger partial charge is 0.317 e. The summed E-state index contributed by atoms with van der Waals surface area (Å²) in [4.78, 5) is 18.4. The third-order valence-electron chi connectivity index (χ3n) is 4.35. The Balaban J connectivity index is 1.52. The Morgan fingerprint density at radius 1 is 1.50 bits per heavy atom. The molecule has 2 aromatic rings. The first-order chi connectivity index (χ1) is 11.6.